The fourth-order valence-electron chi connectivity index (χ4n) is 0.817. The van der Waals surface area contributed by atoms with Crippen molar-refractivity contribution in [3.8, 4) is 0 Å². The van der Waals surface area contributed by atoms with Crippen molar-refractivity contribution in [1.82, 2.24) is 4.90 Å². The highest BCUT2D eigenvalue weighted by molar-refractivity contribution is 5.72. The van der Waals surface area contributed by atoms with Crippen LogP contribution in [0.3, 0.4) is 0 Å². The van der Waals surface area contributed by atoms with E-state index in [1.165, 1.54) is 0 Å². The first-order valence-electron chi connectivity index (χ1n) is 3.87. The molecule has 0 aromatic heterocycles. The van der Waals surface area contributed by atoms with Crippen LogP contribution in [0.2, 0.25) is 0 Å². The maximum atomic E-state index is 10.00. The Morgan fingerprint density at radius 2 is 2.09 bits per heavy atom. The molecule has 0 rings (SSSR count). The molecule has 0 saturated heterocycles. The predicted octanol–water partition coefficient (Wildman–Crippen LogP) is 1.38. The number of carbonyl (C=O) groups excluding carboxylic acids is 1. The highest BCUT2D eigenvalue weighted by atomic mass is 16.1. The normalized spacial score (nSPS) is 10.1. The summed E-state index contributed by atoms with van der Waals surface area (Å²) in [6.07, 6.45) is 4.74. The van der Waals surface area contributed by atoms with Crippen LogP contribution in [-0.4, -0.2) is 31.8 Å². The van der Waals surface area contributed by atoms with Gasteiger partial charge in [0.05, 0.1) is 0 Å². The molecule has 0 aromatic rings. The van der Waals surface area contributed by atoms with Crippen LogP contribution in [0.25, 0.3) is 0 Å². The molecule has 2 heteroatoms. The molecule has 11 heavy (non-hydrogen) atoms. The fraction of sp³-hybridized carbons (Fsp3) is 0.667. The summed E-state index contributed by atoms with van der Waals surface area (Å²) in [5.74, 6) is 0. The van der Waals surface area contributed by atoms with Crippen molar-refractivity contribution >= 4 is 6.29 Å². The van der Waals surface area contributed by atoms with Gasteiger partial charge < -0.3 is 4.90 Å². The van der Waals surface area contributed by atoms with E-state index in [9.17, 15) is 4.79 Å². The van der Waals surface area contributed by atoms with Crippen LogP contribution in [0, 0.1) is 0 Å². The van der Waals surface area contributed by atoms with Gasteiger partial charge in [0.1, 0.15) is 0 Å². The van der Waals surface area contributed by atoms with Gasteiger partial charge in [0.25, 0.3) is 0 Å². The van der Waals surface area contributed by atoms with Crippen LogP contribution in [0.5, 0.6) is 0 Å². The van der Waals surface area contributed by atoms with E-state index in [0.717, 1.165) is 25.8 Å². The number of rotatable bonds is 6. The van der Waals surface area contributed by atoms with Crippen LogP contribution in [0.1, 0.15) is 19.3 Å². The summed E-state index contributed by atoms with van der Waals surface area (Å²) in [7, 11) is 4.08. The van der Waals surface area contributed by atoms with Crippen LogP contribution < -0.4 is 0 Å². The van der Waals surface area contributed by atoms with E-state index in [0.29, 0.717) is 5.57 Å². The van der Waals surface area contributed by atoms with E-state index in [4.69, 9.17) is 0 Å². The second-order valence-corrected chi connectivity index (χ2v) is 2.97. The minimum atomic E-state index is 0.587. The smallest absolute Gasteiger partial charge is 0.228 e. The van der Waals surface area contributed by atoms with Gasteiger partial charge in [0.2, 0.25) is 6.29 Å². The van der Waals surface area contributed by atoms with Crippen molar-refractivity contribution in [2.45, 2.75) is 19.3 Å². The molecule has 0 fully saturated rings. The molecule has 63 valence electrons. The first-order valence-corrected chi connectivity index (χ1v) is 3.87. The summed E-state index contributed by atoms with van der Waals surface area (Å²) in [5, 5.41) is 0. The van der Waals surface area contributed by atoms with Crippen LogP contribution in [0.4, 0.5) is 0 Å². The van der Waals surface area contributed by atoms with Gasteiger partial charge in [0.15, 0.2) is 0 Å². The quantitative estimate of drug-likeness (QED) is 0.425. The molecule has 1 radical (unpaired) electrons. The monoisotopic (exact) mass is 154 g/mol. The first-order chi connectivity index (χ1) is 5.16. The molecule has 2 nitrogen and oxygen atoms in total. The minimum Gasteiger partial charge on any atom is -0.309 e. The van der Waals surface area contributed by atoms with Gasteiger partial charge >= 0.3 is 0 Å². The highest BCUT2D eigenvalue weighted by Crippen LogP contribution is 2.02. The zero-order valence-corrected chi connectivity index (χ0v) is 7.39. The number of hydrogen-bond acceptors (Lipinski definition) is 2. The molecule has 0 aromatic carbocycles. The standard InChI is InChI=1S/C9H16NO/c1-9(8-11)6-4-5-7-10(2)3/h1,4-7H2,2-3H3. The summed E-state index contributed by atoms with van der Waals surface area (Å²) in [5.41, 5.74) is 0.587. The Kier molecular flexibility index (Phi) is 5.75. The molecule has 0 spiro atoms. The average molecular weight is 154 g/mol. The molecule has 0 aliphatic rings. The Labute approximate surface area is 68.9 Å². The van der Waals surface area contributed by atoms with Gasteiger partial charge in [-0.25, -0.2) is 0 Å². The van der Waals surface area contributed by atoms with Crippen molar-refractivity contribution in [3.63, 3.8) is 0 Å². The van der Waals surface area contributed by atoms with Crippen LogP contribution >= 0.6 is 0 Å². The zero-order chi connectivity index (χ0) is 8.69. The lowest BCUT2D eigenvalue weighted by Crippen LogP contribution is -2.12. The van der Waals surface area contributed by atoms with Gasteiger partial charge in [-0.1, -0.05) is 6.58 Å². The van der Waals surface area contributed by atoms with Gasteiger partial charge in [-0.15, -0.1) is 0 Å². The molecule has 0 saturated carbocycles. The summed E-state index contributed by atoms with van der Waals surface area (Å²) >= 11 is 0. The fourth-order valence-corrected chi connectivity index (χ4v) is 0.817. The van der Waals surface area contributed by atoms with E-state index >= 15 is 0 Å². The second-order valence-electron chi connectivity index (χ2n) is 2.97. The number of nitrogens with zero attached hydrogens (tertiary/aromatic N) is 1. The molecule has 0 aliphatic carbocycles. The molecular formula is C9H16NO. The van der Waals surface area contributed by atoms with Gasteiger partial charge in [-0.05, 0) is 45.5 Å². The molecule has 0 bridgehead atoms. The summed E-state index contributed by atoms with van der Waals surface area (Å²) < 4.78 is 0. The average Bonchev–Trinajstić information content (AvgIpc) is 1.97. The lowest BCUT2D eigenvalue weighted by atomic mass is 10.1. The highest BCUT2D eigenvalue weighted by Gasteiger charge is 1.94. The number of hydrogen-bond donors (Lipinski definition) is 0. The predicted molar refractivity (Wildman–Crippen MR) is 47.2 cm³/mol. The summed E-state index contributed by atoms with van der Waals surface area (Å²) in [6, 6.07) is 0. The van der Waals surface area contributed by atoms with Crippen molar-refractivity contribution in [2.24, 2.45) is 0 Å². The zero-order valence-electron chi connectivity index (χ0n) is 7.39. The summed E-state index contributed by atoms with van der Waals surface area (Å²) in [4.78, 5) is 12.1. The Morgan fingerprint density at radius 3 is 2.55 bits per heavy atom. The molecule has 0 unspecified atom stereocenters. The van der Waals surface area contributed by atoms with Gasteiger partial charge in [0, 0.05) is 0 Å². The van der Waals surface area contributed by atoms with E-state index in [1.54, 1.807) is 6.29 Å². The third-order valence-electron chi connectivity index (χ3n) is 1.48. The van der Waals surface area contributed by atoms with E-state index in [-0.39, 0.29) is 0 Å². The molecule has 0 amide bonds. The largest absolute Gasteiger partial charge is 0.309 e. The van der Waals surface area contributed by atoms with E-state index < -0.39 is 0 Å². The van der Waals surface area contributed by atoms with Gasteiger partial charge in [-0.2, -0.15) is 0 Å². The van der Waals surface area contributed by atoms with Gasteiger partial charge in [-0.3, -0.25) is 4.79 Å². The summed E-state index contributed by atoms with van der Waals surface area (Å²) in [6.45, 7) is 4.63. The van der Waals surface area contributed by atoms with Crippen LogP contribution in [-0.2, 0) is 4.79 Å². The maximum Gasteiger partial charge on any atom is 0.228 e. The molecule has 0 heterocycles. The van der Waals surface area contributed by atoms with Crippen molar-refractivity contribution in [3.05, 3.63) is 12.2 Å². The molecule has 0 aliphatic heterocycles. The first kappa shape index (κ1) is 10.4. The molecular weight excluding hydrogens is 138 g/mol. The second kappa shape index (κ2) is 6.10. The lowest BCUT2D eigenvalue weighted by Gasteiger charge is -2.07. The molecule has 0 N–H and O–H groups in total. The third kappa shape index (κ3) is 7.26. The Balaban J connectivity index is 3.14. The SMILES string of the molecule is C=C([C]=O)CCCCN(C)C. The topological polar surface area (TPSA) is 20.3 Å². The van der Waals surface area contributed by atoms with Crippen LogP contribution in [0.15, 0.2) is 12.2 Å². The van der Waals surface area contributed by atoms with Crippen molar-refractivity contribution in [1.29, 1.82) is 0 Å². The Morgan fingerprint density at radius 1 is 1.45 bits per heavy atom. The Hall–Kier alpha value is -0.630. The maximum absolute atomic E-state index is 10.00. The van der Waals surface area contributed by atoms with Crippen molar-refractivity contribution < 1.29 is 4.79 Å². The van der Waals surface area contributed by atoms with Crippen molar-refractivity contribution in [2.75, 3.05) is 20.6 Å². The lowest BCUT2D eigenvalue weighted by molar-refractivity contribution is 0.394. The minimum absolute atomic E-state index is 0.587. The van der Waals surface area contributed by atoms with E-state index in [2.05, 4.69) is 11.5 Å². The Bertz CT molecular complexity index is 130. The number of allylic oxidation sites excluding steroid dienone is 1. The molecule has 0 atom stereocenters. The third-order valence-corrected chi connectivity index (χ3v) is 1.48. The number of unbranched alkanes of at least 4 members (excludes halogenated alkanes) is 1. The van der Waals surface area contributed by atoms with E-state index in [1.807, 2.05) is 14.1 Å².